The molecule has 1 aromatic rings. The Hall–Kier alpha value is -2.25. The zero-order chi connectivity index (χ0) is 18.8. The van der Waals surface area contributed by atoms with Crippen LogP contribution in [0.4, 0.5) is 13.2 Å². The van der Waals surface area contributed by atoms with Crippen molar-refractivity contribution in [1.29, 1.82) is 0 Å². The number of halogens is 3. The van der Waals surface area contributed by atoms with E-state index in [0.29, 0.717) is 22.4 Å². The van der Waals surface area contributed by atoms with E-state index < -0.39 is 24.7 Å². The Labute approximate surface area is 143 Å². The maximum absolute atomic E-state index is 12.7. The van der Waals surface area contributed by atoms with Crippen LogP contribution in [0.5, 0.6) is 5.75 Å². The van der Waals surface area contributed by atoms with Crippen LogP contribution in [-0.2, 0) is 4.79 Å². The molecule has 1 aliphatic rings. The number of rotatable bonds is 4. The highest BCUT2D eigenvalue weighted by atomic mass is 19.4. The first-order valence-corrected chi connectivity index (χ1v) is 7.91. The molecule has 1 saturated heterocycles. The number of amides is 1. The highest BCUT2D eigenvalue weighted by Crippen LogP contribution is 2.34. The van der Waals surface area contributed by atoms with Gasteiger partial charge in [-0.1, -0.05) is 0 Å². The molecule has 0 aliphatic carbocycles. The number of carbonyl (C=O) groups excluding carboxylic acids is 1. The first-order valence-electron chi connectivity index (χ1n) is 7.91. The van der Waals surface area contributed by atoms with Gasteiger partial charge in [0.05, 0.1) is 5.92 Å². The third kappa shape index (κ3) is 4.64. The number of aryl methyl sites for hydroxylation is 2. The molecule has 1 aliphatic heterocycles. The average Bonchev–Trinajstić information content (AvgIpc) is 2.52. The Morgan fingerprint density at radius 1 is 1.20 bits per heavy atom. The van der Waals surface area contributed by atoms with Crippen molar-refractivity contribution >= 4 is 11.9 Å². The minimum Gasteiger partial charge on any atom is -0.481 e. The minimum absolute atomic E-state index is 0.0678. The number of carbonyl (C=O) groups is 2. The van der Waals surface area contributed by atoms with Crippen molar-refractivity contribution in [2.24, 2.45) is 5.92 Å². The molecule has 25 heavy (non-hydrogen) atoms. The maximum atomic E-state index is 12.7. The van der Waals surface area contributed by atoms with Crippen LogP contribution in [0, 0.1) is 19.8 Å². The third-order valence-electron chi connectivity index (χ3n) is 4.29. The van der Waals surface area contributed by atoms with Crippen LogP contribution in [-0.4, -0.2) is 47.8 Å². The predicted octanol–water partition coefficient (Wildman–Crippen LogP) is 3.18. The second-order valence-corrected chi connectivity index (χ2v) is 6.23. The summed E-state index contributed by atoms with van der Waals surface area (Å²) in [6.07, 6.45) is -4.40. The van der Waals surface area contributed by atoms with Gasteiger partial charge in [0.1, 0.15) is 5.75 Å². The topological polar surface area (TPSA) is 66.8 Å². The van der Waals surface area contributed by atoms with Crippen molar-refractivity contribution in [3.63, 3.8) is 0 Å². The first kappa shape index (κ1) is 19.1. The molecule has 1 fully saturated rings. The molecule has 1 amide bonds. The van der Waals surface area contributed by atoms with Crippen LogP contribution in [0.3, 0.4) is 0 Å². The van der Waals surface area contributed by atoms with Crippen molar-refractivity contribution in [3.05, 3.63) is 28.8 Å². The van der Waals surface area contributed by atoms with Gasteiger partial charge in [-0.25, -0.2) is 4.79 Å². The van der Waals surface area contributed by atoms with Crippen molar-refractivity contribution in [1.82, 2.24) is 4.90 Å². The molecule has 0 spiro atoms. The summed E-state index contributed by atoms with van der Waals surface area (Å²) in [6.45, 7) is 3.03. The lowest BCUT2D eigenvalue weighted by Crippen LogP contribution is -2.42. The molecule has 1 aromatic carbocycles. The fourth-order valence-electron chi connectivity index (χ4n) is 3.03. The molecule has 5 nitrogen and oxygen atoms in total. The molecule has 0 unspecified atom stereocenters. The van der Waals surface area contributed by atoms with Gasteiger partial charge >= 0.3 is 12.1 Å². The number of ether oxygens (including phenoxy) is 1. The average molecular weight is 359 g/mol. The van der Waals surface area contributed by atoms with Crippen molar-refractivity contribution in [3.8, 4) is 5.75 Å². The number of hydrogen-bond acceptors (Lipinski definition) is 3. The molecule has 138 valence electrons. The van der Waals surface area contributed by atoms with Crippen molar-refractivity contribution < 1.29 is 32.6 Å². The van der Waals surface area contributed by atoms with Crippen LogP contribution >= 0.6 is 0 Å². The standard InChI is InChI=1S/C17H20F3NO4/c1-10-7-12(8-11(2)15(10)25-9-14(22)23)16(24)21-5-3-13(4-6-21)17(18,19)20/h7-8,13H,3-6,9H2,1-2H3,(H,22,23). The number of benzene rings is 1. The Balaban J connectivity index is 2.09. The zero-order valence-electron chi connectivity index (χ0n) is 14.0. The zero-order valence-corrected chi connectivity index (χ0v) is 14.0. The highest BCUT2D eigenvalue weighted by molar-refractivity contribution is 5.95. The Kier molecular flexibility index (Phi) is 5.59. The van der Waals surface area contributed by atoms with E-state index in [0.717, 1.165) is 0 Å². The molecule has 0 atom stereocenters. The van der Waals surface area contributed by atoms with Crippen LogP contribution in [0.1, 0.15) is 34.3 Å². The first-order chi connectivity index (χ1) is 11.6. The monoisotopic (exact) mass is 359 g/mol. The number of piperidine rings is 1. The maximum Gasteiger partial charge on any atom is 0.391 e. The van der Waals surface area contributed by atoms with Gasteiger partial charge in [-0.05, 0) is 49.9 Å². The van der Waals surface area contributed by atoms with Gasteiger partial charge in [-0.15, -0.1) is 0 Å². The smallest absolute Gasteiger partial charge is 0.391 e. The van der Waals surface area contributed by atoms with E-state index in [1.165, 1.54) is 4.90 Å². The van der Waals surface area contributed by atoms with E-state index in [2.05, 4.69) is 0 Å². The Bertz CT molecular complexity index is 641. The molecule has 0 radical (unpaired) electrons. The number of alkyl halides is 3. The second kappa shape index (κ2) is 7.33. The van der Waals surface area contributed by atoms with E-state index >= 15 is 0 Å². The lowest BCUT2D eigenvalue weighted by molar-refractivity contribution is -0.183. The summed E-state index contributed by atoms with van der Waals surface area (Å²) >= 11 is 0. The highest BCUT2D eigenvalue weighted by Gasteiger charge is 2.41. The summed E-state index contributed by atoms with van der Waals surface area (Å²) in [5.41, 5.74) is 1.58. The molecular formula is C17H20F3NO4. The van der Waals surface area contributed by atoms with Crippen molar-refractivity contribution in [2.45, 2.75) is 32.9 Å². The van der Waals surface area contributed by atoms with Gasteiger partial charge in [0.25, 0.3) is 5.91 Å². The van der Waals surface area contributed by atoms with Crippen LogP contribution in [0.2, 0.25) is 0 Å². The molecule has 0 bridgehead atoms. The fraction of sp³-hybridized carbons (Fsp3) is 0.529. The quantitative estimate of drug-likeness (QED) is 0.897. The number of aliphatic carboxylic acids is 1. The summed E-state index contributed by atoms with van der Waals surface area (Å²) in [6, 6.07) is 3.14. The largest absolute Gasteiger partial charge is 0.481 e. The molecule has 1 N–H and O–H groups in total. The third-order valence-corrected chi connectivity index (χ3v) is 4.29. The van der Waals surface area contributed by atoms with E-state index in [4.69, 9.17) is 9.84 Å². The predicted molar refractivity (Wildman–Crippen MR) is 83.7 cm³/mol. The van der Waals surface area contributed by atoms with Gasteiger partial charge in [-0.3, -0.25) is 4.79 Å². The number of carboxylic acids is 1. The number of nitrogens with zero attached hydrogens (tertiary/aromatic N) is 1. The number of hydrogen-bond donors (Lipinski definition) is 1. The molecule has 8 heteroatoms. The van der Waals surface area contributed by atoms with E-state index in [9.17, 15) is 22.8 Å². The second-order valence-electron chi connectivity index (χ2n) is 6.23. The SMILES string of the molecule is Cc1cc(C(=O)N2CCC(C(F)(F)F)CC2)cc(C)c1OCC(=O)O. The van der Waals surface area contributed by atoms with E-state index in [1.807, 2.05) is 0 Å². The molecule has 2 rings (SSSR count). The number of carboxylic acid groups (broad SMARTS) is 1. The van der Waals surface area contributed by atoms with Gasteiger partial charge in [0.2, 0.25) is 0 Å². The molecule has 0 saturated carbocycles. The lowest BCUT2D eigenvalue weighted by atomic mass is 9.95. The van der Waals surface area contributed by atoms with E-state index in [-0.39, 0.29) is 31.8 Å². The van der Waals surface area contributed by atoms with Crippen LogP contribution < -0.4 is 4.74 Å². The van der Waals surface area contributed by atoms with Gasteiger partial charge in [-0.2, -0.15) is 13.2 Å². The molecule has 0 aromatic heterocycles. The summed E-state index contributed by atoms with van der Waals surface area (Å²) < 4.78 is 43.4. The lowest BCUT2D eigenvalue weighted by Gasteiger charge is -2.33. The Morgan fingerprint density at radius 2 is 1.72 bits per heavy atom. The Morgan fingerprint density at radius 3 is 2.16 bits per heavy atom. The minimum atomic E-state index is -4.22. The summed E-state index contributed by atoms with van der Waals surface area (Å²) in [5.74, 6) is -2.38. The summed E-state index contributed by atoms with van der Waals surface area (Å²) in [7, 11) is 0. The molecular weight excluding hydrogens is 339 g/mol. The summed E-state index contributed by atoms with van der Waals surface area (Å²) in [4.78, 5) is 24.6. The fourth-order valence-corrected chi connectivity index (χ4v) is 3.03. The van der Waals surface area contributed by atoms with E-state index in [1.54, 1.807) is 26.0 Å². The van der Waals surface area contributed by atoms with Gasteiger partial charge in [0, 0.05) is 18.7 Å². The molecule has 1 heterocycles. The normalized spacial score (nSPS) is 16.0. The van der Waals surface area contributed by atoms with Gasteiger partial charge < -0.3 is 14.7 Å². The van der Waals surface area contributed by atoms with Crippen molar-refractivity contribution in [2.75, 3.05) is 19.7 Å². The summed E-state index contributed by atoms with van der Waals surface area (Å²) in [5, 5.41) is 8.68. The van der Waals surface area contributed by atoms with Crippen LogP contribution in [0.25, 0.3) is 0 Å². The van der Waals surface area contributed by atoms with Gasteiger partial charge in [0.15, 0.2) is 6.61 Å². The van der Waals surface area contributed by atoms with Crippen LogP contribution in [0.15, 0.2) is 12.1 Å². The number of likely N-dealkylation sites (tertiary alicyclic amines) is 1.